The summed E-state index contributed by atoms with van der Waals surface area (Å²) >= 11 is 0. The maximum Gasteiger partial charge on any atom is 0.311 e. The quantitative estimate of drug-likeness (QED) is 0.669. The Balaban J connectivity index is 1.83. The van der Waals surface area contributed by atoms with E-state index in [4.69, 9.17) is 4.74 Å². The first kappa shape index (κ1) is 22.4. The van der Waals surface area contributed by atoms with Crippen LogP contribution in [-0.4, -0.2) is 65.8 Å². The molecule has 0 aromatic heterocycles. The summed E-state index contributed by atoms with van der Waals surface area (Å²) in [6.45, 7) is 8.75. The Kier molecular flexibility index (Phi) is 7.75. The van der Waals surface area contributed by atoms with E-state index in [9.17, 15) is 19.2 Å². The molecule has 158 valence electrons. The first-order valence-electron chi connectivity index (χ1n) is 9.92. The van der Waals surface area contributed by atoms with Crippen LogP contribution in [0.5, 0.6) is 0 Å². The number of nitrogens with one attached hydrogen (secondary N) is 1. The Morgan fingerprint density at radius 2 is 1.79 bits per heavy atom. The van der Waals surface area contributed by atoms with Crippen LogP contribution < -0.4 is 5.32 Å². The summed E-state index contributed by atoms with van der Waals surface area (Å²) in [6.07, 6.45) is 0.112. The second kappa shape index (κ2) is 10.0. The Hall–Kier alpha value is -2.90. The van der Waals surface area contributed by atoms with Crippen molar-refractivity contribution in [2.24, 2.45) is 5.92 Å². The highest BCUT2D eigenvalue weighted by atomic mass is 16.5. The molecule has 1 aliphatic rings. The van der Waals surface area contributed by atoms with Gasteiger partial charge in [0.1, 0.15) is 0 Å². The molecule has 1 atom stereocenters. The van der Waals surface area contributed by atoms with E-state index in [1.165, 1.54) is 0 Å². The van der Waals surface area contributed by atoms with Crippen LogP contribution in [0, 0.1) is 5.92 Å². The smallest absolute Gasteiger partial charge is 0.311 e. The third kappa shape index (κ3) is 5.79. The monoisotopic (exact) mass is 403 g/mol. The lowest BCUT2D eigenvalue weighted by molar-refractivity contribution is -0.151. The van der Waals surface area contributed by atoms with E-state index in [0.29, 0.717) is 30.9 Å². The van der Waals surface area contributed by atoms with Gasteiger partial charge in [-0.1, -0.05) is 0 Å². The molecular weight excluding hydrogens is 374 g/mol. The van der Waals surface area contributed by atoms with Gasteiger partial charge in [-0.25, -0.2) is 0 Å². The van der Waals surface area contributed by atoms with Crippen LogP contribution in [0.2, 0.25) is 0 Å². The van der Waals surface area contributed by atoms with Gasteiger partial charge in [0.15, 0.2) is 6.61 Å². The number of rotatable bonds is 8. The SMILES string of the molecule is CCN(CC)C(=O)c1ccc(NC(=O)COC(=O)C2CC(=O)N(C(C)C)C2)cc1. The van der Waals surface area contributed by atoms with Gasteiger partial charge in [-0.3, -0.25) is 19.2 Å². The van der Waals surface area contributed by atoms with Crippen LogP contribution in [0.4, 0.5) is 5.69 Å². The largest absolute Gasteiger partial charge is 0.455 e. The number of esters is 1. The summed E-state index contributed by atoms with van der Waals surface area (Å²) in [4.78, 5) is 51.7. The molecule has 0 bridgehead atoms. The van der Waals surface area contributed by atoms with E-state index in [1.54, 1.807) is 34.1 Å². The number of nitrogens with zero attached hydrogens (tertiary/aromatic N) is 2. The topological polar surface area (TPSA) is 96.0 Å². The number of hydrogen-bond acceptors (Lipinski definition) is 5. The highest BCUT2D eigenvalue weighted by molar-refractivity contribution is 5.96. The van der Waals surface area contributed by atoms with Crippen molar-refractivity contribution in [3.05, 3.63) is 29.8 Å². The summed E-state index contributed by atoms with van der Waals surface area (Å²) < 4.78 is 5.07. The van der Waals surface area contributed by atoms with Crippen LogP contribution in [-0.2, 0) is 19.1 Å². The first-order valence-corrected chi connectivity index (χ1v) is 9.92. The molecule has 3 amide bonds. The average Bonchev–Trinajstić information content (AvgIpc) is 3.09. The van der Waals surface area contributed by atoms with Crippen molar-refractivity contribution in [3.63, 3.8) is 0 Å². The molecule has 1 heterocycles. The van der Waals surface area contributed by atoms with E-state index in [1.807, 2.05) is 27.7 Å². The third-order valence-corrected chi connectivity index (χ3v) is 4.93. The minimum Gasteiger partial charge on any atom is -0.455 e. The van der Waals surface area contributed by atoms with E-state index in [-0.39, 0.29) is 24.3 Å². The van der Waals surface area contributed by atoms with Crippen molar-refractivity contribution < 1.29 is 23.9 Å². The molecule has 1 fully saturated rings. The van der Waals surface area contributed by atoms with Crippen molar-refractivity contribution in [1.82, 2.24) is 9.80 Å². The van der Waals surface area contributed by atoms with Crippen LogP contribution in [0.1, 0.15) is 44.5 Å². The number of amides is 3. The average molecular weight is 403 g/mol. The molecule has 1 aliphatic heterocycles. The van der Waals surface area contributed by atoms with Gasteiger partial charge in [-0.05, 0) is 52.0 Å². The number of carbonyl (C=O) groups is 4. The number of benzene rings is 1. The zero-order valence-corrected chi connectivity index (χ0v) is 17.4. The summed E-state index contributed by atoms with van der Waals surface area (Å²) in [7, 11) is 0. The Morgan fingerprint density at radius 3 is 2.31 bits per heavy atom. The zero-order chi connectivity index (χ0) is 21.6. The lowest BCUT2D eigenvalue weighted by Gasteiger charge is -2.20. The van der Waals surface area contributed by atoms with Gasteiger partial charge in [0, 0.05) is 43.3 Å². The van der Waals surface area contributed by atoms with Crippen LogP contribution in [0.15, 0.2) is 24.3 Å². The lowest BCUT2D eigenvalue weighted by atomic mass is 10.1. The van der Waals surface area contributed by atoms with Crippen molar-refractivity contribution in [1.29, 1.82) is 0 Å². The lowest BCUT2D eigenvalue weighted by Crippen LogP contribution is -2.33. The molecule has 0 spiro atoms. The molecule has 8 heteroatoms. The maximum atomic E-state index is 12.3. The first-order chi connectivity index (χ1) is 13.8. The molecule has 1 aromatic rings. The molecule has 2 rings (SSSR count). The zero-order valence-electron chi connectivity index (χ0n) is 17.4. The van der Waals surface area contributed by atoms with Gasteiger partial charge >= 0.3 is 5.97 Å². The van der Waals surface area contributed by atoms with E-state index in [0.717, 1.165) is 0 Å². The molecule has 0 radical (unpaired) electrons. The number of ether oxygens (including phenoxy) is 1. The predicted molar refractivity (Wildman–Crippen MR) is 108 cm³/mol. The van der Waals surface area contributed by atoms with E-state index in [2.05, 4.69) is 5.32 Å². The molecule has 1 N–H and O–H groups in total. The third-order valence-electron chi connectivity index (χ3n) is 4.93. The molecule has 8 nitrogen and oxygen atoms in total. The summed E-state index contributed by atoms with van der Waals surface area (Å²) in [5.41, 5.74) is 1.04. The highest BCUT2D eigenvalue weighted by Gasteiger charge is 2.36. The van der Waals surface area contributed by atoms with Crippen molar-refractivity contribution in [3.8, 4) is 0 Å². The van der Waals surface area contributed by atoms with Gasteiger partial charge in [0.2, 0.25) is 5.91 Å². The van der Waals surface area contributed by atoms with Gasteiger partial charge in [-0.2, -0.15) is 0 Å². The summed E-state index contributed by atoms with van der Waals surface area (Å²) in [5.74, 6) is -1.71. The molecule has 1 aromatic carbocycles. The Morgan fingerprint density at radius 1 is 1.17 bits per heavy atom. The number of carbonyl (C=O) groups excluding carboxylic acids is 4. The van der Waals surface area contributed by atoms with E-state index >= 15 is 0 Å². The molecule has 0 saturated carbocycles. The highest BCUT2D eigenvalue weighted by Crippen LogP contribution is 2.21. The second-order valence-electron chi connectivity index (χ2n) is 7.25. The van der Waals surface area contributed by atoms with Gasteiger partial charge in [0.05, 0.1) is 5.92 Å². The Bertz CT molecular complexity index is 756. The fourth-order valence-electron chi connectivity index (χ4n) is 3.23. The van der Waals surface area contributed by atoms with Crippen LogP contribution in [0.3, 0.4) is 0 Å². The molecular formula is C21H29N3O5. The summed E-state index contributed by atoms with van der Waals surface area (Å²) in [5, 5.41) is 2.63. The van der Waals surface area contributed by atoms with Gasteiger partial charge in [-0.15, -0.1) is 0 Å². The van der Waals surface area contributed by atoms with Gasteiger partial charge < -0.3 is 19.9 Å². The van der Waals surface area contributed by atoms with Crippen molar-refractivity contribution >= 4 is 29.4 Å². The predicted octanol–water partition coefficient (Wildman–Crippen LogP) is 1.91. The number of hydrogen-bond donors (Lipinski definition) is 1. The molecule has 1 unspecified atom stereocenters. The second-order valence-corrected chi connectivity index (χ2v) is 7.25. The van der Waals surface area contributed by atoms with Crippen molar-refractivity contribution in [2.75, 3.05) is 31.6 Å². The minimum atomic E-state index is -0.545. The fraction of sp³-hybridized carbons (Fsp3) is 0.524. The maximum absolute atomic E-state index is 12.3. The number of likely N-dealkylation sites (tertiary alicyclic amines) is 1. The van der Waals surface area contributed by atoms with Crippen LogP contribution >= 0.6 is 0 Å². The van der Waals surface area contributed by atoms with Crippen LogP contribution in [0.25, 0.3) is 0 Å². The standard InChI is InChI=1S/C21H29N3O5/c1-5-23(6-2)20(27)15-7-9-17(10-8-15)22-18(25)13-29-21(28)16-11-19(26)24(12-16)14(3)4/h7-10,14,16H,5-6,11-13H2,1-4H3,(H,22,25). The minimum absolute atomic E-state index is 0.0279. The number of anilines is 1. The van der Waals surface area contributed by atoms with Gasteiger partial charge in [0.25, 0.3) is 11.8 Å². The fourth-order valence-corrected chi connectivity index (χ4v) is 3.23. The van der Waals surface area contributed by atoms with Crippen molar-refractivity contribution in [2.45, 2.75) is 40.2 Å². The normalized spacial score (nSPS) is 16.1. The summed E-state index contributed by atoms with van der Waals surface area (Å²) in [6, 6.07) is 6.58. The molecule has 1 saturated heterocycles. The molecule has 29 heavy (non-hydrogen) atoms. The molecule has 0 aliphatic carbocycles. The van der Waals surface area contributed by atoms with E-state index < -0.39 is 24.4 Å². The Labute approximate surface area is 171 Å².